The minimum absolute atomic E-state index is 0.147. The lowest BCUT2D eigenvalue weighted by Crippen LogP contribution is -2.43. The van der Waals surface area contributed by atoms with Crippen LogP contribution in [0.4, 0.5) is 0 Å². The number of benzene rings is 2. The number of carboxylic acids is 1. The first kappa shape index (κ1) is 17.7. The van der Waals surface area contributed by atoms with Crippen LogP contribution in [0.1, 0.15) is 11.1 Å². The molecule has 0 aliphatic rings. The van der Waals surface area contributed by atoms with Crippen molar-refractivity contribution in [2.75, 3.05) is 13.2 Å². The second kappa shape index (κ2) is 9.47. The maximum absolute atomic E-state index is 11.9. The van der Waals surface area contributed by atoms with Crippen molar-refractivity contribution < 1.29 is 19.4 Å². The van der Waals surface area contributed by atoms with E-state index in [9.17, 15) is 14.7 Å². The van der Waals surface area contributed by atoms with Crippen LogP contribution >= 0.6 is 0 Å². The van der Waals surface area contributed by atoms with Gasteiger partial charge >= 0.3 is 5.97 Å². The van der Waals surface area contributed by atoms with Gasteiger partial charge in [-0.1, -0.05) is 60.7 Å². The largest absolute Gasteiger partial charge is 0.480 e. The first-order valence-electron chi connectivity index (χ1n) is 7.83. The second-order valence-corrected chi connectivity index (χ2v) is 5.44. The Labute approximate surface area is 141 Å². The van der Waals surface area contributed by atoms with E-state index >= 15 is 0 Å². The molecule has 2 aromatic carbocycles. The van der Waals surface area contributed by atoms with Gasteiger partial charge in [0.15, 0.2) is 0 Å². The molecular weight excluding hydrogens is 306 g/mol. The van der Waals surface area contributed by atoms with Crippen LogP contribution in [0.2, 0.25) is 0 Å². The Morgan fingerprint density at radius 3 is 2.12 bits per heavy atom. The molecule has 0 bridgehead atoms. The van der Waals surface area contributed by atoms with Crippen LogP contribution in [-0.4, -0.2) is 36.2 Å². The summed E-state index contributed by atoms with van der Waals surface area (Å²) in [5, 5.41) is 11.7. The zero-order valence-corrected chi connectivity index (χ0v) is 13.4. The Bertz CT molecular complexity index is 643. The molecule has 2 N–H and O–H groups in total. The zero-order valence-electron chi connectivity index (χ0n) is 13.4. The highest BCUT2D eigenvalue weighted by molar-refractivity contribution is 5.84. The van der Waals surface area contributed by atoms with Crippen molar-refractivity contribution in [3.8, 4) is 0 Å². The predicted octanol–water partition coefficient (Wildman–Crippen LogP) is 2.06. The molecule has 0 saturated heterocycles. The number of rotatable bonds is 9. The van der Waals surface area contributed by atoms with Crippen LogP contribution < -0.4 is 5.32 Å². The van der Waals surface area contributed by atoms with Crippen molar-refractivity contribution in [2.45, 2.75) is 18.9 Å². The normalized spacial score (nSPS) is 11.7. The van der Waals surface area contributed by atoms with Crippen LogP contribution in [0.25, 0.3) is 0 Å². The molecule has 24 heavy (non-hydrogen) atoms. The molecule has 2 rings (SSSR count). The van der Waals surface area contributed by atoms with Crippen molar-refractivity contribution in [3.05, 3.63) is 71.8 Å². The number of hydrogen-bond donors (Lipinski definition) is 2. The van der Waals surface area contributed by atoms with E-state index in [0.717, 1.165) is 11.1 Å². The minimum Gasteiger partial charge on any atom is -0.480 e. The van der Waals surface area contributed by atoms with E-state index in [1.807, 2.05) is 60.7 Å². The Morgan fingerprint density at radius 1 is 0.958 bits per heavy atom. The monoisotopic (exact) mass is 327 g/mol. The van der Waals surface area contributed by atoms with Gasteiger partial charge in [-0.2, -0.15) is 0 Å². The summed E-state index contributed by atoms with van der Waals surface area (Å²) < 4.78 is 5.33. The molecule has 5 heteroatoms. The molecule has 5 nitrogen and oxygen atoms in total. The van der Waals surface area contributed by atoms with Crippen LogP contribution in [-0.2, 0) is 27.2 Å². The van der Waals surface area contributed by atoms with Gasteiger partial charge < -0.3 is 15.2 Å². The molecule has 2 aromatic rings. The smallest absolute Gasteiger partial charge is 0.326 e. The summed E-state index contributed by atoms with van der Waals surface area (Å²) in [6.45, 7) is 0.263. The molecule has 126 valence electrons. The summed E-state index contributed by atoms with van der Waals surface area (Å²) >= 11 is 0. The third kappa shape index (κ3) is 6.22. The summed E-state index contributed by atoms with van der Waals surface area (Å²) in [7, 11) is 0. The van der Waals surface area contributed by atoms with Gasteiger partial charge in [-0.15, -0.1) is 0 Å². The summed E-state index contributed by atoms with van der Waals surface area (Å²) in [4.78, 5) is 23.2. The van der Waals surface area contributed by atoms with Crippen LogP contribution in [0.15, 0.2) is 60.7 Å². The highest BCUT2D eigenvalue weighted by atomic mass is 16.5. The van der Waals surface area contributed by atoms with Gasteiger partial charge in [0.05, 0.1) is 6.61 Å². The van der Waals surface area contributed by atoms with Crippen molar-refractivity contribution in [1.82, 2.24) is 5.32 Å². The van der Waals surface area contributed by atoms with E-state index < -0.39 is 17.9 Å². The molecule has 1 atom stereocenters. The van der Waals surface area contributed by atoms with E-state index in [0.29, 0.717) is 13.0 Å². The SMILES string of the molecule is O=C(COCCc1ccccc1)NC(Cc1ccccc1)C(=O)O. The van der Waals surface area contributed by atoms with E-state index in [1.54, 1.807) is 0 Å². The number of aliphatic carboxylic acids is 1. The lowest BCUT2D eigenvalue weighted by atomic mass is 10.1. The minimum atomic E-state index is -1.06. The molecule has 0 heterocycles. The topological polar surface area (TPSA) is 75.6 Å². The van der Waals surface area contributed by atoms with Crippen molar-refractivity contribution in [1.29, 1.82) is 0 Å². The van der Waals surface area contributed by atoms with Crippen molar-refractivity contribution in [2.24, 2.45) is 0 Å². The average molecular weight is 327 g/mol. The second-order valence-electron chi connectivity index (χ2n) is 5.44. The fourth-order valence-corrected chi connectivity index (χ4v) is 2.29. The van der Waals surface area contributed by atoms with E-state index in [4.69, 9.17) is 4.74 Å². The molecule has 0 spiro atoms. The van der Waals surface area contributed by atoms with E-state index in [1.165, 1.54) is 0 Å². The lowest BCUT2D eigenvalue weighted by molar-refractivity contribution is -0.142. The maximum atomic E-state index is 11.9. The summed E-state index contributed by atoms with van der Waals surface area (Å²) in [6, 6.07) is 18.1. The van der Waals surface area contributed by atoms with Gasteiger partial charge in [0.2, 0.25) is 5.91 Å². The van der Waals surface area contributed by atoms with Gasteiger partial charge in [-0.25, -0.2) is 4.79 Å². The maximum Gasteiger partial charge on any atom is 0.326 e. The Balaban J connectivity index is 1.73. The van der Waals surface area contributed by atoms with Crippen LogP contribution in [0, 0.1) is 0 Å². The van der Waals surface area contributed by atoms with Gasteiger partial charge in [-0.05, 0) is 17.5 Å². The number of hydrogen-bond acceptors (Lipinski definition) is 3. The fraction of sp³-hybridized carbons (Fsp3) is 0.263. The number of carbonyl (C=O) groups is 2. The number of carboxylic acid groups (broad SMARTS) is 1. The summed E-state index contributed by atoms with van der Waals surface area (Å²) in [6.07, 6.45) is 0.951. The average Bonchev–Trinajstić information content (AvgIpc) is 2.60. The first-order valence-corrected chi connectivity index (χ1v) is 7.83. The number of carbonyl (C=O) groups excluding carboxylic acids is 1. The number of ether oxygens (including phenoxy) is 1. The number of amides is 1. The van der Waals surface area contributed by atoms with Gasteiger partial charge in [0.25, 0.3) is 0 Å². The molecule has 0 fully saturated rings. The van der Waals surface area contributed by atoms with Gasteiger partial charge in [-0.3, -0.25) is 4.79 Å². The molecule has 0 radical (unpaired) electrons. The van der Waals surface area contributed by atoms with Gasteiger partial charge in [0.1, 0.15) is 12.6 Å². The first-order chi connectivity index (χ1) is 11.6. The summed E-state index contributed by atoms with van der Waals surface area (Å²) in [5.41, 5.74) is 1.99. The standard InChI is InChI=1S/C19H21NO4/c21-18(14-24-12-11-15-7-3-1-4-8-15)20-17(19(22)23)13-16-9-5-2-6-10-16/h1-10,17H,11-14H2,(H,20,21)(H,22,23). The fourth-order valence-electron chi connectivity index (χ4n) is 2.29. The van der Waals surface area contributed by atoms with Crippen molar-refractivity contribution in [3.63, 3.8) is 0 Å². The predicted molar refractivity (Wildman–Crippen MR) is 90.7 cm³/mol. The molecule has 0 saturated carbocycles. The molecule has 1 unspecified atom stereocenters. The Morgan fingerprint density at radius 2 is 1.54 bits per heavy atom. The molecule has 0 aliphatic carbocycles. The third-order valence-electron chi connectivity index (χ3n) is 3.53. The molecule has 0 aromatic heterocycles. The Hall–Kier alpha value is -2.66. The highest BCUT2D eigenvalue weighted by Gasteiger charge is 2.20. The molecule has 1 amide bonds. The summed E-state index contributed by atoms with van der Waals surface area (Å²) in [5.74, 6) is -1.48. The third-order valence-corrected chi connectivity index (χ3v) is 3.53. The van der Waals surface area contributed by atoms with Crippen molar-refractivity contribution >= 4 is 11.9 Å². The quantitative estimate of drug-likeness (QED) is 0.691. The molecular formula is C19H21NO4. The number of nitrogens with one attached hydrogen (secondary N) is 1. The van der Waals surface area contributed by atoms with Crippen LogP contribution in [0.5, 0.6) is 0 Å². The van der Waals surface area contributed by atoms with Crippen LogP contribution in [0.3, 0.4) is 0 Å². The zero-order chi connectivity index (χ0) is 17.2. The molecule has 0 aliphatic heterocycles. The van der Waals surface area contributed by atoms with E-state index in [2.05, 4.69) is 5.32 Å². The van der Waals surface area contributed by atoms with Gasteiger partial charge in [0, 0.05) is 6.42 Å². The highest BCUT2D eigenvalue weighted by Crippen LogP contribution is 2.04. The lowest BCUT2D eigenvalue weighted by Gasteiger charge is -2.14. The van der Waals surface area contributed by atoms with E-state index in [-0.39, 0.29) is 13.0 Å². The Kier molecular flexibility index (Phi) is 6.98.